The Kier molecular flexibility index (Phi) is 6.78. The van der Waals surface area contributed by atoms with Crippen LogP contribution in [0.15, 0.2) is 35.2 Å². The standard InChI is InChI=1S/C21H33N3O3S/c1-21(2,23-13-7-4-8-14-23)17-22-20(25)18-11-15-24(16-12-18)28(26,27)19-9-5-3-6-10-19/h3,5-6,9-10,18H,4,7-8,11-17H2,1-2H3,(H,22,25). The van der Waals surface area contributed by atoms with E-state index in [2.05, 4.69) is 24.1 Å². The molecule has 1 N–H and O–H groups in total. The van der Waals surface area contributed by atoms with E-state index >= 15 is 0 Å². The molecule has 2 saturated heterocycles. The fraction of sp³-hybridized carbons (Fsp3) is 0.667. The van der Waals surface area contributed by atoms with Crippen LogP contribution >= 0.6 is 0 Å². The summed E-state index contributed by atoms with van der Waals surface area (Å²) in [4.78, 5) is 15.4. The van der Waals surface area contributed by atoms with Gasteiger partial charge in [0.2, 0.25) is 15.9 Å². The molecule has 0 bridgehead atoms. The zero-order valence-corrected chi connectivity index (χ0v) is 17.9. The number of carbonyl (C=O) groups is 1. The van der Waals surface area contributed by atoms with Crippen LogP contribution in [0.25, 0.3) is 0 Å². The third-order valence-electron chi connectivity index (χ3n) is 6.11. The van der Waals surface area contributed by atoms with Crippen molar-refractivity contribution in [2.24, 2.45) is 5.92 Å². The number of sulfonamides is 1. The number of carbonyl (C=O) groups excluding carboxylic acids is 1. The van der Waals surface area contributed by atoms with Crippen molar-refractivity contribution in [2.45, 2.75) is 56.4 Å². The number of nitrogens with zero attached hydrogens (tertiary/aromatic N) is 2. The van der Waals surface area contributed by atoms with Gasteiger partial charge >= 0.3 is 0 Å². The van der Waals surface area contributed by atoms with Crippen molar-refractivity contribution in [3.8, 4) is 0 Å². The third kappa shape index (κ3) is 4.93. The first-order valence-corrected chi connectivity index (χ1v) is 11.8. The molecular weight excluding hydrogens is 374 g/mol. The predicted molar refractivity (Wildman–Crippen MR) is 110 cm³/mol. The van der Waals surface area contributed by atoms with E-state index in [-0.39, 0.29) is 17.4 Å². The topological polar surface area (TPSA) is 69.7 Å². The maximum absolute atomic E-state index is 12.7. The van der Waals surface area contributed by atoms with Gasteiger partial charge in [-0.2, -0.15) is 4.31 Å². The maximum atomic E-state index is 12.7. The van der Waals surface area contributed by atoms with Crippen LogP contribution in [-0.4, -0.2) is 61.8 Å². The molecule has 3 rings (SSSR count). The lowest BCUT2D eigenvalue weighted by molar-refractivity contribution is -0.126. The van der Waals surface area contributed by atoms with Gasteiger partial charge in [-0.1, -0.05) is 24.6 Å². The van der Waals surface area contributed by atoms with Crippen LogP contribution in [0.3, 0.4) is 0 Å². The molecule has 2 heterocycles. The van der Waals surface area contributed by atoms with E-state index in [1.807, 2.05) is 0 Å². The number of piperidine rings is 2. The molecule has 0 atom stereocenters. The van der Waals surface area contributed by atoms with E-state index in [9.17, 15) is 13.2 Å². The Morgan fingerprint density at radius 2 is 1.64 bits per heavy atom. The smallest absolute Gasteiger partial charge is 0.243 e. The van der Waals surface area contributed by atoms with Gasteiger partial charge in [-0.05, 0) is 64.8 Å². The van der Waals surface area contributed by atoms with Crippen LogP contribution in [0.1, 0.15) is 46.0 Å². The van der Waals surface area contributed by atoms with Gasteiger partial charge in [0.05, 0.1) is 4.90 Å². The molecule has 1 aromatic carbocycles. The van der Waals surface area contributed by atoms with E-state index in [0.29, 0.717) is 37.4 Å². The molecule has 6 nitrogen and oxygen atoms in total. The Balaban J connectivity index is 1.50. The first-order valence-electron chi connectivity index (χ1n) is 10.4. The number of nitrogens with one attached hydrogen (secondary N) is 1. The van der Waals surface area contributed by atoms with E-state index in [1.165, 1.54) is 23.6 Å². The molecule has 2 aliphatic rings. The highest BCUT2D eigenvalue weighted by molar-refractivity contribution is 7.89. The number of rotatable bonds is 6. The molecule has 0 spiro atoms. The zero-order chi connectivity index (χ0) is 20.2. The van der Waals surface area contributed by atoms with Crippen molar-refractivity contribution >= 4 is 15.9 Å². The van der Waals surface area contributed by atoms with Gasteiger partial charge in [-0.15, -0.1) is 0 Å². The van der Waals surface area contributed by atoms with Gasteiger partial charge < -0.3 is 5.32 Å². The largest absolute Gasteiger partial charge is 0.354 e. The highest BCUT2D eigenvalue weighted by atomic mass is 32.2. The highest BCUT2D eigenvalue weighted by Gasteiger charge is 2.33. The third-order valence-corrected chi connectivity index (χ3v) is 8.03. The van der Waals surface area contributed by atoms with Crippen molar-refractivity contribution in [3.05, 3.63) is 30.3 Å². The lowest BCUT2D eigenvalue weighted by Crippen LogP contribution is -2.54. The number of hydrogen-bond acceptors (Lipinski definition) is 4. The Labute approximate surface area is 169 Å². The lowest BCUT2D eigenvalue weighted by atomic mass is 9.95. The predicted octanol–water partition coefficient (Wildman–Crippen LogP) is 2.47. The molecule has 28 heavy (non-hydrogen) atoms. The number of hydrogen-bond donors (Lipinski definition) is 1. The minimum Gasteiger partial charge on any atom is -0.354 e. The van der Waals surface area contributed by atoms with Crippen LogP contribution in [0.5, 0.6) is 0 Å². The minimum atomic E-state index is -3.47. The highest BCUT2D eigenvalue weighted by Crippen LogP contribution is 2.24. The summed E-state index contributed by atoms with van der Waals surface area (Å²) in [6.07, 6.45) is 4.89. The summed E-state index contributed by atoms with van der Waals surface area (Å²) in [6, 6.07) is 8.52. The van der Waals surface area contributed by atoms with Crippen molar-refractivity contribution in [3.63, 3.8) is 0 Å². The Hall–Kier alpha value is -1.44. The van der Waals surface area contributed by atoms with Gasteiger partial charge in [0, 0.05) is 31.1 Å². The van der Waals surface area contributed by atoms with Crippen molar-refractivity contribution in [2.75, 3.05) is 32.7 Å². The molecule has 0 unspecified atom stereocenters. The van der Waals surface area contributed by atoms with E-state index in [4.69, 9.17) is 0 Å². The van der Waals surface area contributed by atoms with E-state index in [1.54, 1.807) is 30.3 Å². The monoisotopic (exact) mass is 407 g/mol. The SMILES string of the molecule is CC(C)(CNC(=O)C1CCN(S(=O)(=O)c2ccccc2)CC1)N1CCCCC1. The summed E-state index contributed by atoms with van der Waals surface area (Å²) in [5.74, 6) is -0.0544. The maximum Gasteiger partial charge on any atom is 0.243 e. The lowest BCUT2D eigenvalue weighted by Gasteiger charge is -2.41. The Morgan fingerprint density at radius 3 is 2.25 bits per heavy atom. The Morgan fingerprint density at radius 1 is 1.04 bits per heavy atom. The van der Waals surface area contributed by atoms with E-state index in [0.717, 1.165) is 13.1 Å². The fourth-order valence-corrected chi connectivity index (χ4v) is 5.65. The molecule has 156 valence electrons. The summed E-state index contributed by atoms with van der Waals surface area (Å²) in [5.41, 5.74) is -0.0482. The fourth-order valence-electron chi connectivity index (χ4n) is 4.16. The van der Waals surface area contributed by atoms with Crippen LogP contribution in [0.4, 0.5) is 0 Å². The molecule has 0 aliphatic carbocycles. The van der Waals surface area contributed by atoms with Crippen molar-refractivity contribution in [1.82, 2.24) is 14.5 Å². The number of likely N-dealkylation sites (tertiary alicyclic amines) is 1. The molecule has 1 aromatic rings. The van der Waals surface area contributed by atoms with Gasteiger partial charge in [0.15, 0.2) is 0 Å². The van der Waals surface area contributed by atoms with Crippen LogP contribution in [0, 0.1) is 5.92 Å². The number of benzene rings is 1. The average Bonchev–Trinajstić information content (AvgIpc) is 2.73. The first kappa shape index (κ1) is 21.3. The molecule has 1 amide bonds. The summed E-state index contributed by atoms with van der Waals surface area (Å²) in [5, 5.41) is 3.13. The molecule has 0 radical (unpaired) electrons. The van der Waals surface area contributed by atoms with Gasteiger partial charge in [0.25, 0.3) is 0 Å². The summed E-state index contributed by atoms with van der Waals surface area (Å²) >= 11 is 0. The van der Waals surface area contributed by atoms with Crippen molar-refractivity contribution < 1.29 is 13.2 Å². The first-order chi connectivity index (χ1) is 13.3. The van der Waals surface area contributed by atoms with Gasteiger partial charge in [-0.25, -0.2) is 8.42 Å². The van der Waals surface area contributed by atoms with Crippen LogP contribution in [-0.2, 0) is 14.8 Å². The molecule has 0 aromatic heterocycles. The second-order valence-electron chi connectivity index (χ2n) is 8.57. The second kappa shape index (κ2) is 8.93. The summed E-state index contributed by atoms with van der Waals surface area (Å²) < 4.78 is 26.9. The number of amides is 1. The average molecular weight is 408 g/mol. The molecule has 7 heteroatoms. The normalized spacial score (nSPS) is 20.8. The van der Waals surface area contributed by atoms with Gasteiger partial charge in [0.1, 0.15) is 0 Å². The van der Waals surface area contributed by atoms with Gasteiger partial charge in [-0.3, -0.25) is 9.69 Å². The Bertz CT molecular complexity index is 750. The molecular formula is C21H33N3O3S. The van der Waals surface area contributed by atoms with E-state index < -0.39 is 10.0 Å². The van der Waals surface area contributed by atoms with Crippen molar-refractivity contribution in [1.29, 1.82) is 0 Å². The quantitative estimate of drug-likeness (QED) is 0.786. The van der Waals surface area contributed by atoms with Crippen LogP contribution < -0.4 is 5.32 Å². The molecule has 2 fully saturated rings. The summed E-state index contributed by atoms with van der Waals surface area (Å²) in [7, 11) is -3.47. The molecule has 0 saturated carbocycles. The van der Waals surface area contributed by atoms with Crippen LogP contribution in [0.2, 0.25) is 0 Å². The minimum absolute atomic E-state index is 0.0482. The zero-order valence-electron chi connectivity index (χ0n) is 17.1. The second-order valence-corrected chi connectivity index (χ2v) is 10.5. The summed E-state index contributed by atoms with van der Waals surface area (Å²) in [6.45, 7) is 7.99. The molecule has 2 aliphatic heterocycles.